The molecule has 1 saturated carbocycles. The highest BCUT2D eigenvalue weighted by atomic mass is 16.4. The molecule has 0 unspecified atom stereocenters. The van der Waals surface area contributed by atoms with Gasteiger partial charge in [-0.15, -0.1) is 0 Å². The van der Waals surface area contributed by atoms with Crippen LogP contribution < -0.4 is 0 Å². The predicted octanol–water partition coefficient (Wildman–Crippen LogP) is 2.09. The van der Waals surface area contributed by atoms with Crippen molar-refractivity contribution in [3.05, 3.63) is 29.6 Å². The van der Waals surface area contributed by atoms with Gasteiger partial charge < -0.3 is 10.0 Å². The van der Waals surface area contributed by atoms with Gasteiger partial charge in [-0.3, -0.25) is 9.88 Å². The number of carboxylic acids is 1. The summed E-state index contributed by atoms with van der Waals surface area (Å²) in [5.41, 5.74) is 1.27. The number of carbonyl (C=O) groups is 1. The molecule has 5 nitrogen and oxygen atoms in total. The molecular weight excluding hydrogens is 278 g/mol. The molecule has 120 valence electrons. The van der Waals surface area contributed by atoms with Gasteiger partial charge in [0.1, 0.15) is 0 Å². The fourth-order valence-electron chi connectivity index (χ4n) is 3.64. The normalized spacial score (nSPS) is 21.3. The molecule has 0 amide bonds. The summed E-state index contributed by atoms with van der Waals surface area (Å²) in [6, 6.07) is 1.74. The molecule has 0 radical (unpaired) electrons. The van der Waals surface area contributed by atoms with Gasteiger partial charge in [-0.05, 0) is 30.4 Å². The Hall–Kier alpha value is -1.46. The van der Waals surface area contributed by atoms with E-state index in [-0.39, 0.29) is 5.56 Å². The van der Waals surface area contributed by atoms with E-state index in [1.165, 1.54) is 38.4 Å². The van der Waals surface area contributed by atoms with Crippen molar-refractivity contribution in [1.82, 2.24) is 14.8 Å². The number of hydrogen-bond acceptors (Lipinski definition) is 4. The summed E-state index contributed by atoms with van der Waals surface area (Å²) < 4.78 is 0. The zero-order chi connectivity index (χ0) is 15.4. The van der Waals surface area contributed by atoms with Crippen molar-refractivity contribution in [3.8, 4) is 0 Å². The van der Waals surface area contributed by atoms with E-state index in [1.54, 1.807) is 12.3 Å². The Kier molecular flexibility index (Phi) is 5.05. The van der Waals surface area contributed by atoms with Gasteiger partial charge in [0.2, 0.25) is 0 Å². The average molecular weight is 303 g/mol. The third kappa shape index (κ3) is 4.05. The number of pyridine rings is 1. The standard InChI is InChI=1S/C17H25N3O2/c21-17(22)16-9-15(10-18-11-16)13-20-7-5-19(6-8-20)12-14-3-1-2-4-14/h9-11,14H,1-8,12-13H2,(H,21,22). The molecule has 22 heavy (non-hydrogen) atoms. The largest absolute Gasteiger partial charge is 0.478 e. The van der Waals surface area contributed by atoms with Gasteiger partial charge >= 0.3 is 5.97 Å². The number of carboxylic acid groups (broad SMARTS) is 1. The monoisotopic (exact) mass is 303 g/mol. The fraction of sp³-hybridized carbons (Fsp3) is 0.647. The van der Waals surface area contributed by atoms with E-state index in [1.807, 2.05) is 0 Å². The smallest absolute Gasteiger partial charge is 0.337 e. The molecule has 2 fully saturated rings. The number of hydrogen-bond donors (Lipinski definition) is 1. The first-order valence-corrected chi connectivity index (χ1v) is 8.32. The summed E-state index contributed by atoms with van der Waals surface area (Å²) >= 11 is 0. The molecule has 0 bridgehead atoms. The molecule has 1 saturated heterocycles. The molecule has 0 spiro atoms. The first-order valence-electron chi connectivity index (χ1n) is 8.32. The summed E-state index contributed by atoms with van der Waals surface area (Å²) in [5.74, 6) is 0.0127. The van der Waals surface area contributed by atoms with Gasteiger partial charge in [-0.1, -0.05) is 12.8 Å². The van der Waals surface area contributed by atoms with E-state index < -0.39 is 5.97 Å². The molecule has 0 aromatic carbocycles. The third-order valence-electron chi connectivity index (χ3n) is 4.90. The van der Waals surface area contributed by atoms with Crippen molar-refractivity contribution >= 4 is 5.97 Å². The molecule has 0 atom stereocenters. The topological polar surface area (TPSA) is 56.7 Å². The quantitative estimate of drug-likeness (QED) is 0.902. The molecule has 2 heterocycles. The van der Waals surface area contributed by atoms with E-state index in [0.717, 1.165) is 44.2 Å². The predicted molar refractivity (Wildman–Crippen MR) is 84.9 cm³/mol. The van der Waals surface area contributed by atoms with Crippen LogP contribution in [-0.2, 0) is 6.54 Å². The van der Waals surface area contributed by atoms with E-state index in [4.69, 9.17) is 5.11 Å². The lowest BCUT2D eigenvalue weighted by Crippen LogP contribution is -2.47. The molecular formula is C17H25N3O2. The van der Waals surface area contributed by atoms with Crippen LogP contribution in [0.25, 0.3) is 0 Å². The summed E-state index contributed by atoms with van der Waals surface area (Å²) in [6.07, 6.45) is 8.83. The number of piperazine rings is 1. The number of nitrogens with zero attached hydrogens (tertiary/aromatic N) is 3. The Labute approximate surface area is 131 Å². The lowest BCUT2D eigenvalue weighted by atomic mass is 10.1. The minimum atomic E-state index is -0.907. The third-order valence-corrected chi connectivity index (χ3v) is 4.90. The van der Waals surface area contributed by atoms with E-state index in [2.05, 4.69) is 14.8 Å². The van der Waals surface area contributed by atoms with Crippen molar-refractivity contribution in [1.29, 1.82) is 0 Å². The number of aromatic nitrogens is 1. The van der Waals surface area contributed by atoms with Gasteiger partial charge in [0.25, 0.3) is 0 Å². The van der Waals surface area contributed by atoms with Gasteiger partial charge in [-0.2, -0.15) is 0 Å². The van der Waals surface area contributed by atoms with Gasteiger partial charge in [0.05, 0.1) is 5.56 Å². The van der Waals surface area contributed by atoms with Gasteiger partial charge in [0, 0.05) is 51.7 Å². The van der Waals surface area contributed by atoms with Crippen molar-refractivity contribution in [2.45, 2.75) is 32.2 Å². The van der Waals surface area contributed by atoms with Crippen molar-refractivity contribution < 1.29 is 9.90 Å². The maximum absolute atomic E-state index is 11.0. The van der Waals surface area contributed by atoms with Gasteiger partial charge in [0.15, 0.2) is 0 Å². The zero-order valence-electron chi connectivity index (χ0n) is 13.1. The second-order valence-corrected chi connectivity index (χ2v) is 6.61. The van der Waals surface area contributed by atoms with Crippen molar-refractivity contribution in [2.24, 2.45) is 5.92 Å². The second-order valence-electron chi connectivity index (χ2n) is 6.61. The first-order chi connectivity index (χ1) is 10.7. The van der Waals surface area contributed by atoms with Crippen molar-refractivity contribution in [3.63, 3.8) is 0 Å². The SMILES string of the molecule is O=C(O)c1cncc(CN2CCN(CC3CCCC3)CC2)c1. The maximum atomic E-state index is 11.0. The Morgan fingerprint density at radius 1 is 1.14 bits per heavy atom. The van der Waals surface area contributed by atoms with Crippen LogP contribution in [0.5, 0.6) is 0 Å². The lowest BCUT2D eigenvalue weighted by Gasteiger charge is -2.35. The average Bonchev–Trinajstić information content (AvgIpc) is 3.02. The van der Waals surface area contributed by atoms with E-state index in [0.29, 0.717) is 0 Å². The van der Waals surface area contributed by atoms with Gasteiger partial charge in [-0.25, -0.2) is 4.79 Å². The van der Waals surface area contributed by atoms with Crippen LogP contribution in [-0.4, -0.2) is 58.6 Å². The maximum Gasteiger partial charge on any atom is 0.337 e. The molecule has 3 rings (SSSR count). The summed E-state index contributed by atoms with van der Waals surface area (Å²) in [5, 5.41) is 9.03. The lowest BCUT2D eigenvalue weighted by molar-refractivity contribution is 0.0696. The molecule has 1 aromatic rings. The number of rotatable bonds is 5. The van der Waals surface area contributed by atoms with Crippen LogP contribution in [0, 0.1) is 5.92 Å². The molecule has 1 aromatic heterocycles. The van der Waals surface area contributed by atoms with E-state index in [9.17, 15) is 4.79 Å². The number of aromatic carboxylic acids is 1. The molecule has 5 heteroatoms. The summed E-state index contributed by atoms with van der Waals surface area (Å²) in [6.45, 7) is 6.44. The Bertz CT molecular complexity index is 506. The van der Waals surface area contributed by atoms with Crippen LogP contribution in [0.4, 0.5) is 0 Å². The summed E-state index contributed by atoms with van der Waals surface area (Å²) in [7, 11) is 0. The highest BCUT2D eigenvalue weighted by molar-refractivity contribution is 5.87. The minimum absolute atomic E-state index is 0.275. The first kappa shape index (κ1) is 15.4. The van der Waals surface area contributed by atoms with Crippen LogP contribution >= 0.6 is 0 Å². The van der Waals surface area contributed by atoms with Crippen LogP contribution in [0.15, 0.2) is 18.5 Å². The Morgan fingerprint density at radius 2 is 1.82 bits per heavy atom. The van der Waals surface area contributed by atoms with Crippen LogP contribution in [0.3, 0.4) is 0 Å². The van der Waals surface area contributed by atoms with Crippen LogP contribution in [0.1, 0.15) is 41.6 Å². The second kappa shape index (κ2) is 7.20. The Morgan fingerprint density at radius 3 is 2.50 bits per heavy atom. The van der Waals surface area contributed by atoms with Crippen LogP contribution in [0.2, 0.25) is 0 Å². The fourth-order valence-corrected chi connectivity index (χ4v) is 3.64. The molecule has 2 aliphatic rings. The highest BCUT2D eigenvalue weighted by Gasteiger charge is 2.22. The highest BCUT2D eigenvalue weighted by Crippen LogP contribution is 2.25. The minimum Gasteiger partial charge on any atom is -0.478 e. The summed E-state index contributed by atoms with van der Waals surface area (Å²) in [4.78, 5) is 20.0. The molecule has 1 aliphatic carbocycles. The van der Waals surface area contributed by atoms with E-state index >= 15 is 0 Å². The Balaban J connectivity index is 1.47. The zero-order valence-corrected chi connectivity index (χ0v) is 13.1. The van der Waals surface area contributed by atoms with Crippen molar-refractivity contribution in [2.75, 3.05) is 32.7 Å². The molecule has 1 N–H and O–H groups in total. The molecule has 1 aliphatic heterocycles.